The van der Waals surface area contributed by atoms with E-state index in [1.165, 1.54) is 11.3 Å². The SMILES string of the molecule is O=C(Nc1ccc2c(c1)OCO2)c1ccc2ncsc2c1. The Morgan fingerprint density at radius 2 is 2.05 bits per heavy atom. The van der Waals surface area contributed by atoms with Crippen molar-refractivity contribution in [1.82, 2.24) is 4.98 Å². The third-order valence-corrected chi connectivity index (χ3v) is 4.02. The van der Waals surface area contributed by atoms with Crippen LogP contribution in [-0.2, 0) is 0 Å². The van der Waals surface area contributed by atoms with Crippen LogP contribution in [-0.4, -0.2) is 17.7 Å². The first-order valence-corrected chi connectivity index (χ1v) is 7.22. The molecule has 5 nitrogen and oxygen atoms in total. The van der Waals surface area contributed by atoms with Gasteiger partial charge in [-0.15, -0.1) is 11.3 Å². The number of nitrogens with zero attached hydrogens (tertiary/aromatic N) is 1. The van der Waals surface area contributed by atoms with E-state index in [9.17, 15) is 4.79 Å². The maximum absolute atomic E-state index is 12.3. The van der Waals surface area contributed by atoms with Crippen LogP contribution in [0.3, 0.4) is 0 Å². The normalized spacial score (nSPS) is 12.6. The minimum absolute atomic E-state index is 0.163. The summed E-state index contributed by atoms with van der Waals surface area (Å²) in [5.74, 6) is 1.17. The van der Waals surface area contributed by atoms with Crippen molar-refractivity contribution in [2.75, 3.05) is 12.1 Å². The van der Waals surface area contributed by atoms with Gasteiger partial charge in [0.05, 0.1) is 15.7 Å². The van der Waals surface area contributed by atoms with Crippen molar-refractivity contribution in [3.05, 3.63) is 47.5 Å². The van der Waals surface area contributed by atoms with E-state index in [4.69, 9.17) is 9.47 Å². The lowest BCUT2D eigenvalue weighted by Crippen LogP contribution is -2.11. The summed E-state index contributed by atoms with van der Waals surface area (Å²) in [6, 6.07) is 10.8. The molecule has 0 radical (unpaired) electrons. The average Bonchev–Trinajstić information content (AvgIpc) is 3.14. The third kappa shape index (κ3) is 2.19. The van der Waals surface area contributed by atoms with Crippen LogP contribution in [0.2, 0.25) is 0 Å². The zero-order valence-corrected chi connectivity index (χ0v) is 11.6. The van der Waals surface area contributed by atoms with Crippen LogP contribution in [0.25, 0.3) is 10.2 Å². The van der Waals surface area contributed by atoms with Gasteiger partial charge in [0.2, 0.25) is 6.79 Å². The lowest BCUT2D eigenvalue weighted by atomic mass is 10.2. The number of hydrogen-bond donors (Lipinski definition) is 1. The summed E-state index contributed by atoms with van der Waals surface area (Å²) in [6.07, 6.45) is 0. The Labute approximate surface area is 124 Å². The summed E-state index contributed by atoms with van der Waals surface area (Å²) < 4.78 is 11.5. The van der Waals surface area contributed by atoms with Gasteiger partial charge in [0.25, 0.3) is 5.91 Å². The first-order valence-electron chi connectivity index (χ1n) is 6.34. The smallest absolute Gasteiger partial charge is 0.255 e. The molecule has 0 unspecified atom stereocenters. The van der Waals surface area contributed by atoms with Gasteiger partial charge in [0, 0.05) is 17.3 Å². The van der Waals surface area contributed by atoms with Crippen molar-refractivity contribution in [1.29, 1.82) is 0 Å². The summed E-state index contributed by atoms with van der Waals surface area (Å²) in [7, 11) is 0. The monoisotopic (exact) mass is 298 g/mol. The van der Waals surface area contributed by atoms with E-state index in [1.54, 1.807) is 29.8 Å². The number of carbonyl (C=O) groups is 1. The zero-order valence-electron chi connectivity index (χ0n) is 10.8. The minimum atomic E-state index is -0.163. The molecule has 0 spiro atoms. The number of anilines is 1. The van der Waals surface area contributed by atoms with Crippen LogP contribution in [0.4, 0.5) is 5.69 Å². The van der Waals surface area contributed by atoms with E-state index in [2.05, 4.69) is 10.3 Å². The number of ether oxygens (including phenoxy) is 2. The molecule has 1 aromatic heterocycles. The Hall–Kier alpha value is -2.60. The van der Waals surface area contributed by atoms with Gasteiger partial charge in [0.1, 0.15) is 0 Å². The van der Waals surface area contributed by atoms with E-state index in [1.807, 2.05) is 12.1 Å². The van der Waals surface area contributed by atoms with Gasteiger partial charge in [-0.1, -0.05) is 0 Å². The summed E-state index contributed by atoms with van der Waals surface area (Å²) in [5.41, 5.74) is 3.95. The van der Waals surface area contributed by atoms with Gasteiger partial charge in [-0.25, -0.2) is 4.98 Å². The van der Waals surface area contributed by atoms with Gasteiger partial charge in [0.15, 0.2) is 11.5 Å². The summed E-state index contributed by atoms with van der Waals surface area (Å²) in [5, 5.41) is 2.85. The standard InChI is InChI=1S/C15H10N2O3S/c18-15(9-1-3-11-14(5-9)21-7-16-11)17-10-2-4-12-13(6-10)20-8-19-12/h1-7H,8H2,(H,17,18). The zero-order chi connectivity index (χ0) is 14.2. The third-order valence-electron chi connectivity index (χ3n) is 3.22. The van der Waals surface area contributed by atoms with Crippen molar-refractivity contribution >= 4 is 33.1 Å². The summed E-state index contributed by atoms with van der Waals surface area (Å²) in [6.45, 7) is 0.217. The fraction of sp³-hybridized carbons (Fsp3) is 0.0667. The fourth-order valence-electron chi connectivity index (χ4n) is 2.17. The molecule has 2 aromatic carbocycles. The largest absolute Gasteiger partial charge is 0.454 e. The highest BCUT2D eigenvalue weighted by atomic mass is 32.1. The second-order valence-electron chi connectivity index (χ2n) is 4.56. The number of hydrogen-bond acceptors (Lipinski definition) is 5. The fourth-order valence-corrected chi connectivity index (χ4v) is 2.89. The van der Waals surface area contributed by atoms with E-state index in [0.29, 0.717) is 22.7 Å². The molecule has 4 rings (SSSR count). The van der Waals surface area contributed by atoms with Crippen molar-refractivity contribution in [2.45, 2.75) is 0 Å². The van der Waals surface area contributed by atoms with Gasteiger partial charge >= 0.3 is 0 Å². The molecule has 1 amide bonds. The molecule has 21 heavy (non-hydrogen) atoms. The maximum Gasteiger partial charge on any atom is 0.255 e. The predicted octanol–water partition coefficient (Wildman–Crippen LogP) is 3.28. The number of benzene rings is 2. The van der Waals surface area contributed by atoms with Gasteiger partial charge < -0.3 is 14.8 Å². The van der Waals surface area contributed by atoms with Crippen molar-refractivity contribution in [3.8, 4) is 11.5 Å². The molecule has 6 heteroatoms. The molecular weight excluding hydrogens is 288 g/mol. The maximum atomic E-state index is 12.3. The molecule has 3 aromatic rings. The van der Waals surface area contributed by atoms with Gasteiger partial charge in [-0.2, -0.15) is 0 Å². The quantitative estimate of drug-likeness (QED) is 0.788. The van der Waals surface area contributed by atoms with Crippen molar-refractivity contribution < 1.29 is 14.3 Å². The number of nitrogens with one attached hydrogen (secondary N) is 1. The van der Waals surface area contributed by atoms with Gasteiger partial charge in [-0.3, -0.25) is 4.79 Å². The predicted molar refractivity (Wildman–Crippen MR) is 80.1 cm³/mol. The number of aromatic nitrogens is 1. The van der Waals surface area contributed by atoms with Crippen molar-refractivity contribution in [3.63, 3.8) is 0 Å². The lowest BCUT2D eigenvalue weighted by Gasteiger charge is -2.06. The number of amides is 1. The van der Waals surface area contributed by atoms with Crippen LogP contribution in [0, 0.1) is 0 Å². The van der Waals surface area contributed by atoms with Crippen LogP contribution in [0.1, 0.15) is 10.4 Å². The van der Waals surface area contributed by atoms with E-state index >= 15 is 0 Å². The van der Waals surface area contributed by atoms with Crippen molar-refractivity contribution in [2.24, 2.45) is 0 Å². The first-order chi connectivity index (χ1) is 10.3. The molecule has 0 saturated heterocycles. The highest BCUT2D eigenvalue weighted by molar-refractivity contribution is 7.16. The molecule has 104 valence electrons. The van der Waals surface area contributed by atoms with Crippen LogP contribution in [0.5, 0.6) is 11.5 Å². The first kappa shape index (κ1) is 12.2. The molecule has 0 fully saturated rings. The van der Waals surface area contributed by atoms with Gasteiger partial charge in [-0.05, 0) is 30.3 Å². The van der Waals surface area contributed by atoms with Crippen LogP contribution in [0.15, 0.2) is 41.9 Å². The summed E-state index contributed by atoms with van der Waals surface area (Å²) >= 11 is 1.51. The highest BCUT2D eigenvalue weighted by Gasteiger charge is 2.15. The van der Waals surface area contributed by atoms with Crippen LogP contribution >= 0.6 is 11.3 Å². The molecule has 1 aliphatic heterocycles. The average molecular weight is 298 g/mol. The van der Waals surface area contributed by atoms with E-state index in [0.717, 1.165) is 10.2 Å². The Kier molecular flexibility index (Phi) is 2.75. The molecule has 1 aliphatic rings. The minimum Gasteiger partial charge on any atom is -0.454 e. The number of carbonyl (C=O) groups excluding carboxylic acids is 1. The Morgan fingerprint density at radius 3 is 3.00 bits per heavy atom. The van der Waals surface area contributed by atoms with E-state index < -0.39 is 0 Å². The Morgan fingerprint density at radius 1 is 1.14 bits per heavy atom. The number of thiazole rings is 1. The molecule has 0 saturated carbocycles. The molecular formula is C15H10N2O3S. The number of fused-ring (bicyclic) bond motifs is 2. The number of rotatable bonds is 2. The molecule has 0 atom stereocenters. The molecule has 1 N–H and O–H groups in total. The molecule has 2 heterocycles. The van der Waals surface area contributed by atoms with Crippen LogP contribution < -0.4 is 14.8 Å². The topological polar surface area (TPSA) is 60.5 Å². The lowest BCUT2D eigenvalue weighted by molar-refractivity contribution is 0.102. The second-order valence-corrected chi connectivity index (χ2v) is 5.44. The summed E-state index contributed by atoms with van der Waals surface area (Å²) in [4.78, 5) is 16.5. The Balaban J connectivity index is 1.60. The highest BCUT2D eigenvalue weighted by Crippen LogP contribution is 2.34. The Bertz CT molecular complexity index is 844. The molecule has 0 aliphatic carbocycles. The van der Waals surface area contributed by atoms with E-state index in [-0.39, 0.29) is 12.7 Å². The molecule has 0 bridgehead atoms. The second kappa shape index (κ2) is 4.75.